The largest absolute Gasteiger partial charge is 0.383 e. The molecular formula is C16H22N2O3. The molecule has 5 heteroatoms. The van der Waals surface area contributed by atoms with Gasteiger partial charge in [-0.05, 0) is 36.8 Å². The molecule has 1 saturated carbocycles. The van der Waals surface area contributed by atoms with Crippen LogP contribution in [-0.4, -0.2) is 23.8 Å². The smallest absolute Gasteiger partial charge is 0.338 e. The van der Waals surface area contributed by atoms with Crippen LogP contribution in [0.2, 0.25) is 0 Å². The minimum Gasteiger partial charge on any atom is -0.383 e. The molecule has 2 aliphatic carbocycles. The first-order chi connectivity index (χ1) is 10.2. The second kappa shape index (κ2) is 6.03. The number of rotatable bonds is 4. The Hall–Kier alpha value is -1.59. The SMILES string of the molecule is O=C(NCC1(O)CCc2ccccc21)NOC1CCCC1. The first-order valence-electron chi connectivity index (χ1n) is 7.68. The second-order valence-electron chi connectivity index (χ2n) is 6.00. The maximum absolute atomic E-state index is 11.8. The van der Waals surface area contributed by atoms with Crippen LogP contribution >= 0.6 is 0 Å². The molecule has 0 aliphatic heterocycles. The number of hydroxylamine groups is 1. The molecule has 0 bridgehead atoms. The molecule has 2 amide bonds. The number of aliphatic hydroxyl groups is 1. The number of urea groups is 1. The van der Waals surface area contributed by atoms with Crippen LogP contribution in [0.3, 0.4) is 0 Å². The Morgan fingerprint density at radius 1 is 1.33 bits per heavy atom. The monoisotopic (exact) mass is 290 g/mol. The molecule has 1 aromatic carbocycles. The van der Waals surface area contributed by atoms with E-state index in [4.69, 9.17) is 4.84 Å². The second-order valence-corrected chi connectivity index (χ2v) is 6.00. The number of carbonyl (C=O) groups excluding carboxylic acids is 1. The highest BCUT2D eigenvalue weighted by atomic mass is 16.7. The summed E-state index contributed by atoms with van der Waals surface area (Å²) in [6.45, 7) is 0.198. The fourth-order valence-corrected chi connectivity index (χ4v) is 3.26. The zero-order valence-corrected chi connectivity index (χ0v) is 12.1. The molecule has 0 radical (unpaired) electrons. The number of hydrogen-bond acceptors (Lipinski definition) is 3. The quantitative estimate of drug-likeness (QED) is 0.743. The Morgan fingerprint density at radius 2 is 2.10 bits per heavy atom. The van der Waals surface area contributed by atoms with Gasteiger partial charge in [0.2, 0.25) is 0 Å². The van der Waals surface area contributed by atoms with Gasteiger partial charge in [0.25, 0.3) is 0 Å². The summed E-state index contributed by atoms with van der Waals surface area (Å²) in [5.41, 5.74) is 3.53. The van der Waals surface area contributed by atoms with Crippen LogP contribution in [0.4, 0.5) is 4.79 Å². The molecule has 1 unspecified atom stereocenters. The van der Waals surface area contributed by atoms with Crippen LogP contribution in [0.25, 0.3) is 0 Å². The summed E-state index contributed by atoms with van der Waals surface area (Å²) in [6, 6.07) is 7.45. The van der Waals surface area contributed by atoms with Crippen molar-refractivity contribution in [1.29, 1.82) is 0 Å². The summed E-state index contributed by atoms with van der Waals surface area (Å²) >= 11 is 0. The van der Waals surface area contributed by atoms with Crippen molar-refractivity contribution in [2.45, 2.75) is 50.2 Å². The molecule has 0 spiro atoms. The molecule has 2 aliphatic rings. The van der Waals surface area contributed by atoms with Gasteiger partial charge in [-0.15, -0.1) is 0 Å². The van der Waals surface area contributed by atoms with E-state index >= 15 is 0 Å². The van der Waals surface area contributed by atoms with Crippen LogP contribution in [0.15, 0.2) is 24.3 Å². The van der Waals surface area contributed by atoms with Crippen LogP contribution in [0.5, 0.6) is 0 Å². The standard InChI is InChI=1S/C16H22N2O3/c19-15(18-21-13-6-2-3-7-13)17-11-16(20)10-9-12-5-1-4-8-14(12)16/h1,4-5,8,13,20H,2-3,6-7,9-11H2,(H2,17,18,19). The van der Waals surface area contributed by atoms with Crippen molar-refractivity contribution in [2.75, 3.05) is 6.54 Å². The Labute approximate surface area is 124 Å². The van der Waals surface area contributed by atoms with E-state index in [0.717, 1.165) is 43.2 Å². The summed E-state index contributed by atoms with van der Waals surface area (Å²) in [4.78, 5) is 17.1. The van der Waals surface area contributed by atoms with Crippen molar-refractivity contribution in [3.05, 3.63) is 35.4 Å². The van der Waals surface area contributed by atoms with Gasteiger partial charge in [-0.1, -0.05) is 37.1 Å². The molecule has 3 rings (SSSR count). The van der Waals surface area contributed by atoms with E-state index in [1.807, 2.05) is 24.3 Å². The van der Waals surface area contributed by atoms with Crippen molar-refractivity contribution in [2.24, 2.45) is 0 Å². The summed E-state index contributed by atoms with van der Waals surface area (Å²) in [7, 11) is 0. The highest BCUT2D eigenvalue weighted by Crippen LogP contribution is 2.36. The molecule has 1 atom stereocenters. The Kier molecular flexibility index (Phi) is 4.12. The summed E-state index contributed by atoms with van der Waals surface area (Å²) < 4.78 is 0. The molecule has 0 heterocycles. The van der Waals surface area contributed by atoms with Gasteiger partial charge in [-0.2, -0.15) is 0 Å². The Morgan fingerprint density at radius 3 is 2.90 bits per heavy atom. The maximum Gasteiger partial charge on any atom is 0.338 e. The topological polar surface area (TPSA) is 70.6 Å². The lowest BCUT2D eigenvalue weighted by Gasteiger charge is -2.24. The van der Waals surface area contributed by atoms with Gasteiger partial charge in [0, 0.05) is 0 Å². The first-order valence-corrected chi connectivity index (χ1v) is 7.68. The van der Waals surface area contributed by atoms with E-state index < -0.39 is 5.60 Å². The minimum absolute atomic E-state index is 0.131. The average molecular weight is 290 g/mol. The van der Waals surface area contributed by atoms with Gasteiger partial charge in [0.15, 0.2) is 0 Å². The molecule has 5 nitrogen and oxygen atoms in total. The zero-order valence-electron chi connectivity index (χ0n) is 12.1. The van der Waals surface area contributed by atoms with Crippen molar-refractivity contribution in [3.8, 4) is 0 Å². The number of aryl methyl sites for hydroxylation is 1. The number of hydrogen-bond donors (Lipinski definition) is 3. The average Bonchev–Trinajstić information content (AvgIpc) is 3.13. The molecule has 0 saturated heterocycles. The predicted molar refractivity (Wildman–Crippen MR) is 78.5 cm³/mol. The van der Waals surface area contributed by atoms with E-state index in [1.54, 1.807) is 0 Å². The summed E-state index contributed by atoms with van der Waals surface area (Å²) in [6.07, 6.45) is 5.92. The molecule has 0 aromatic heterocycles. The lowest BCUT2D eigenvalue weighted by molar-refractivity contribution is -0.00357. The van der Waals surface area contributed by atoms with Crippen molar-refractivity contribution >= 4 is 6.03 Å². The molecule has 21 heavy (non-hydrogen) atoms. The fourth-order valence-electron chi connectivity index (χ4n) is 3.26. The highest BCUT2D eigenvalue weighted by molar-refractivity contribution is 5.72. The van der Waals surface area contributed by atoms with Gasteiger partial charge in [0.05, 0.1) is 12.6 Å². The predicted octanol–water partition coefficient (Wildman–Crippen LogP) is 1.99. The van der Waals surface area contributed by atoms with Crippen molar-refractivity contribution in [3.63, 3.8) is 0 Å². The van der Waals surface area contributed by atoms with E-state index in [-0.39, 0.29) is 18.7 Å². The van der Waals surface area contributed by atoms with E-state index in [0.29, 0.717) is 6.42 Å². The summed E-state index contributed by atoms with van der Waals surface area (Å²) in [5, 5.41) is 13.4. The van der Waals surface area contributed by atoms with Gasteiger partial charge < -0.3 is 10.4 Å². The first kappa shape index (κ1) is 14.4. The van der Waals surface area contributed by atoms with Crippen LogP contribution < -0.4 is 10.8 Å². The molecule has 1 fully saturated rings. The highest BCUT2D eigenvalue weighted by Gasteiger charge is 2.36. The number of amides is 2. The van der Waals surface area contributed by atoms with Gasteiger partial charge in [0.1, 0.15) is 5.60 Å². The van der Waals surface area contributed by atoms with Gasteiger partial charge in [-0.25, -0.2) is 10.3 Å². The lowest BCUT2D eigenvalue weighted by Crippen LogP contribution is -2.44. The van der Waals surface area contributed by atoms with Crippen molar-refractivity contribution < 1.29 is 14.7 Å². The normalized spacial score (nSPS) is 24.8. The van der Waals surface area contributed by atoms with Gasteiger partial charge in [-0.3, -0.25) is 4.84 Å². The van der Waals surface area contributed by atoms with Crippen molar-refractivity contribution in [1.82, 2.24) is 10.8 Å². The third-order valence-electron chi connectivity index (χ3n) is 4.49. The lowest BCUT2D eigenvalue weighted by atomic mass is 9.96. The minimum atomic E-state index is -0.971. The third kappa shape index (κ3) is 3.19. The zero-order chi connectivity index (χ0) is 14.7. The van der Waals surface area contributed by atoms with Gasteiger partial charge >= 0.3 is 6.03 Å². The molecular weight excluding hydrogens is 268 g/mol. The van der Waals surface area contributed by atoms with Crippen LogP contribution in [-0.2, 0) is 16.9 Å². The maximum atomic E-state index is 11.8. The fraction of sp³-hybridized carbons (Fsp3) is 0.562. The molecule has 3 N–H and O–H groups in total. The van der Waals surface area contributed by atoms with Crippen LogP contribution in [0.1, 0.15) is 43.2 Å². The number of carbonyl (C=O) groups is 1. The van der Waals surface area contributed by atoms with E-state index in [9.17, 15) is 9.90 Å². The Bertz CT molecular complexity index is 514. The number of fused-ring (bicyclic) bond motifs is 1. The number of benzene rings is 1. The van der Waals surface area contributed by atoms with Crippen LogP contribution in [0, 0.1) is 0 Å². The Balaban J connectivity index is 1.49. The molecule has 114 valence electrons. The van der Waals surface area contributed by atoms with E-state index in [2.05, 4.69) is 10.8 Å². The third-order valence-corrected chi connectivity index (χ3v) is 4.49. The number of nitrogens with one attached hydrogen (secondary N) is 2. The van der Waals surface area contributed by atoms with E-state index in [1.165, 1.54) is 0 Å². The molecule has 1 aromatic rings. The summed E-state index contributed by atoms with van der Waals surface area (Å²) in [5.74, 6) is 0.